The maximum atomic E-state index is 11.7. The van der Waals surface area contributed by atoms with E-state index < -0.39 is 23.2 Å². The number of phenols is 3. The first-order chi connectivity index (χ1) is 9.51. The Kier molecular flexibility index (Phi) is 3.60. The molecule has 0 atom stereocenters. The van der Waals surface area contributed by atoms with Crippen molar-refractivity contribution in [1.29, 1.82) is 0 Å². The first kappa shape index (κ1) is 13.5. The summed E-state index contributed by atoms with van der Waals surface area (Å²) < 4.78 is 9.87. The third kappa shape index (κ3) is 2.72. The topological polar surface area (TPSA) is 117 Å². The molecular weight excluding hydrogens is 268 g/mol. The van der Waals surface area contributed by atoms with Gasteiger partial charge in [0, 0.05) is 0 Å². The van der Waals surface area contributed by atoms with E-state index in [4.69, 9.17) is 14.3 Å². The zero-order valence-corrected chi connectivity index (χ0v) is 10.1. The molecule has 0 radical (unpaired) electrons. The number of furan rings is 1. The summed E-state index contributed by atoms with van der Waals surface area (Å²) in [4.78, 5) is 22.1. The fourth-order valence-electron chi connectivity index (χ4n) is 1.48. The summed E-state index contributed by atoms with van der Waals surface area (Å²) in [5.41, 5.74) is -0.139. The van der Waals surface area contributed by atoms with E-state index >= 15 is 0 Å². The summed E-state index contributed by atoms with van der Waals surface area (Å²) in [6, 6.07) is 4.81. The first-order valence-electron chi connectivity index (χ1n) is 5.47. The maximum absolute atomic E-state index is 11.7. The van der Waals surface area contributed by atoms with Gasteiger partial charge in [0.05, 0.1) is 5.56 Å². The fourth-order valence-corrected chi connectivity index (χ4v) is 1.48. The van der Waals surface area contributed by atoms with E-state index in [0.29, 0.717) is 6.29 Å². The standard InChI is InChI=1S/C13H10O7/c14-5-8-1-2-9(20-8)6-19-13(18)7-3-10(15)12(17)11(16)4-7/h1-5,15-17H,6H2. The van der Waals surface area contributed by atoms with Crippen molar-refractivity contribution in [3.63, 3.8) is 0 Å². The van der Waals surface area contributed by atoms with E-state index in [9.17, 15) is 19.8 Å². The Morgan fingerprint density at radius 1 is 1.20 bits per heavy atom. The minimum absolute atomic E-state index is 0.107. The number of ether oxygens (including phenoxy) is 1. The molecule has 104 valence electrons. The lowest BCUT2D eigenvalue weighted by Crippen LogP contribution is -2.04. The fraction of sp³-hybridized carbons (Fsp3) is 0.0769. The van der Waals surface area contributed by atoms with Crippen molar-refractivity contribution in [3.8, 4) is 17.2 Å². The van der Waals surface area contributed by atoms with Gasteiger partial charge in [-0.3, -0.25) is 4.79 Å². The molecule has 0 unspecified atom stereocenters. The van der Waals surface area contributed by atoms with Gasteiger partial charge >= 0.3 is 5.97 Å². The van der Waals surface area contributed by atoms with Gasteiger partial charge in [0.1, 0.15) is 12.4 Å². The van der Waals surface area contributed by atoms with Crippen LogP contribution in [-0.4, -0.2) is 27.6 Å². The summed E-state index contributed by atoms with van der Waals surface area (Å²) in [7, 11) is 0. The summed E-state index contributed by atoms with van der Waals surface area (Å²) in [5, 5.41) is 27.7. The molecule has 1 aromatic carbocycles. The lowest BCUT2D eigenvalue weighted by molar-refractivity contribution is 0.0444. The van der Waals surface area contributed by atoms with Gasteiger partial charge < -0.3 is 24.5 Å². The summed E-state index contributed by atoms with van der Waals surface area (Å²) in [6.45, 7) is -0.213. The summed E-state index contributed by atoms with van der Waals surface area (Å²) in [5.74, 6) is -2.46. The first-order valence-corrected chi connectivity index (χ1v) is 5.47. The van der Waals surface area contributed by atoms with Crippen LogP contribution in [0.4, 0.5) is 0 Å². The maximum Gasteiger partial charge on any atom is 0.338 e. The van der Waals surface area contributed by atoms with Crippen LogP contribution in [-0.2, 0) is 11.3 Å². The smallest absolute Gasteiger partial charge is 0.338 e. The predicted octanol–water partition coefficient (Wildman–Crippen LogP) is 1.57. The van der Waals surface area contributed by atoms with Crippen LogP contribution in [0.2, 0.25) is 0 Å². The van der Waals surface area contributed by atoms with Crippen LogP contribution in [0.1, 0.15) is 26.7 Å². The Balaban J connectivity index is 2.06. The number of benzene rings is 1. The molecule has 0 aliphatic carbocycles. The van der Waals surface area contributed by atoms with Crippen LogP contribution in [0.25, 0.3) is 0 Å². The number of aromatic hydroxyl groups is 3. The van der Waals surface area contributed by atoms with Crippen molar-refractivity contribution >= 4 is 12.3 Å². The lowest BCUT2D eigenvalue weighted by Gasteiger charge is -2.06. The molecule has 1 aromatic heterocycles. The quantitative estimate of drug-likeness (QED) is 0.441. The summed E-state index contributed by atoms with van der Waals surface area (Å²) in [6.07, 6.45) is 0.515. The second kappa shape index (κ2) is 5.35. The number of carbonyl (C=O) groups is 2. The van der Waals surface area contributed by atoms with Crippen molar-refractivity contribution in [2.75, 3.05) is 0 Å². The van der Waals surface area contributed by atoms with Crippen molar-refractivity contribution in [2.45, 2.75) is 6.61 Å². The number of aldehydes is 1. The highest BCUT2D eigenvalue weighted by Crippen LogP contribution is 2.35. The van der Waals surface area contributed by atoms with Crippen LogP contribution >= 0.6 is 0 Å². The molecule has 7 heteroatoms. The van der Waals surface area contributed by atoms with Crippen LogP contribution in [0.5, 0.6) is 17.2 Å². The Labute approximate surface area is 112 Å². The van der Waals surface area contributed by atoms with Gasteiger partial charge in [-0.25, -0.2) is 4.79 Å². The Morgan fingerprint density at radius 3 is 2.40 bits per heavy atom. The zero-order chi connectivity index (χ0) is 14.7. The minimum atomic E-state index is -0.834. The number of rotatable bonds is 4. The summed E-state index contributed by atoms with van der Waals surface area (Å²) >= 11 is 0. The number of carbonyl (C=O) groups excluding carboxylic acids is 2. The molecule has 0 saturated carbocycles. The third-order valence-electron chi connectivity index (χ3n) is 2.45. The minimum Gasteiger partial charge on any atom is -0.504 e. The molecule has 3 N–H and O–H groups in total. The second-order valence-electron chi connectivity index (χ2n) is 3.86. The van der Waals surface area contributed by atoms with Gasteiger partial charge in [0.15, 0.2) is 29.3 Å². The molecule has 7 nitrogen and oxygen atoms in total. The lowest BCUT2D eigenvalue weighted by atomic mass is 10.2. The molecule has 0 aliphatic heterocycles. The molecule has 0 bridgehead atoms. The predicted molar refractivity (Wildman–Crippen MR) is 64.7 cm³/mol. The third-order valence-corrected chi connectivity index (χ3v) is 2.45. The van der Waals surface area contributed by atoms with E-state index in [1.165, 1.54) is 12.1 Å². The number of esters is 1. The van der Waals surface area contributed by atoms with E-state index in [-0.39, 0.29) is 23.7 Å². The van der Waals surface area contributed by atoms with Crippen molar-refractivity contribution < 1.29 is 34.1 Å². The Bertz CT molecular complexity index is 633. The largest absolute Gasteiger partial charge is 0.504 e. The van der Waals surface area contributed by atoms with Gasteiger partial charge in [-0.2, -0.15) is 0 Å². The molecule has 0 aliphatic rings. The van der Waals surface area contributed by atoms with Gasteiger partial charge in [-0.1, -0.05) is 0 Å². The highest BCUT2D eigenvalue weighted by molar-refractivity contribution is 5.91. The van der Waals surface area contributed by atoms with Crippen LogP contribution in [0.15, 0.2) is 28.7 Å². The zero-order valence-electron chi connectivity index (χ0n) is 10.1. The van der Waals surface area contributed by atoms with E-state index in [0.717, 1.165) is 12.1 Å². The van der Waals surface area contributed by atoms with E-state index in [2.05, 4.69) is 0 Å². The normalized spacial score (nSPS) is 10.2. The molecule has 2 aromatic rings. The van der Waals surface area contributed by atoms with E-state index in [1.54, 1.807) is 0 Å². The molecule has 0 fully saturated rings. The SMILES string of the molecule is O=Cc1ccc(COC(=O)c2cc(O)c(O)c(O)c2)o1. The number of phenolic OH excluding ortho intramolecular Hbond substituents is 3. The van der Waals surface area contributed by atoms with Gasteiger partial charge in [0.2, 0.25) is 0 Å². The van der Waals surface area contributed by atoms with E-state index in [1.807, 2.05) is 0 Å². The molecule has 20 heavy (non-hydrogen) atoms. The molecule has 1 heterocycles. The molecule has 0 amide bonds. The van der Waals surface area contributed by atoms with Gasteiger partial charge in [0.25, 0.3) is 0 Å². The second-order valence-corrected chi connectivity index (χ2v) is 3.86. The Hall–Kier alpha value is -2.96. The van der Waals surface area contributed by atoms with Crippen molar-refractivity contribution in [3.05, 3.63) is 41.3 Å². The van der Waals surface area contributed by atoms with Gasteiger partial charge in [-0.05, 0) is 24.3 Å². The number of hydrogen-bond acceptors (Lipinski definition) is 7. The van der Waals surface area contributed by atoms with Crippen LogP contribution < -0.4 is 0 Å². The average Bonchev–Trinajstić information content (AvgIpc) is 2.89. The molecule has 2 rings (SSSR count). The molecule has 0 saturated heterocycles. The van der Waals surface area contributed by atoms with Crippen molar-refractivity contribution in [1.82, 2.24) is 0 Å². The highest BCUT2D eigenvalue weighted by Gasteiger charge is 2.15. The van der Waals surface area contributed by atoms with Crippen LogP contribution in [0.3, 0.4) is 0 Å². The van der Waals surface area contributed by atoms with Gasteiger partial charge in [-0.15, -0.1) is 0 Å². The monoisotopic (exact) mass is 278 g/mol. The van der Waals surface area contributed by atoms with Crippen LogP contribution in [0, 0.1) is 0 Å². The average molecular weight is 278 g/mol. The highest BCUT2D eigenvalue weighted by atomic mass is 16.5. The molecular formula is C13H10O7. The Morgan fingerprint density at radius 2 is 1.85 bits per heavy atom. The van der Waals surface area contributed by atoms with Crippen molar-refractivity contribution in [2.24, 2.45) is 0 Å². The molecule has 0 spiro atoms. The number of hydrogen-bond donors (Lipinski definition) is 3.